The van der Waals surface area contributed by atoms with Crippen molar-refractivity contribution in [1.82, 2.24) is 19.9 Å². The van der Waals surface area contributed by atoms with Gasteiger partial charge in [-0.3, -0.25) is 19.6 Å². The van der Waals surface area contributed by atoms with Crippen LogP contribution < -0.4 is 15.8 Å². The third kappa shape index (κ3) is 6.52. The minimum atomic E-state index is -4.74. The van der Waals surface area contributed by atoms with Gasteiger partial charge in [-0.2, -0.15) is 13.2 Å². The number of hydrogen-bond donors (Lipinski definition) is 1. The Morgan fingerprint density at radius 3 is 2.38 bits per heavy atom. The first kappa shape index (κ1) is 33.4. The van der Waals surface area contributed by atoms with Gasteiger partial charge >= 0.3 is 12.1 Å². The van der Waals surface area contributed by atoms with Crippen LogP contribution in [0, 0.1) is 25.5 Å². The molecule has 1 aliphatic rings. The Labute approximate surface area is 265 Å². The number of morpholine rings is 1. The van der Waals surface area contributed by atoms with Gasteiger partial charge in [0.05, 0.1) is 36.9 Å². The van der Waals surface area contributed by atoms with Gasteiger partial charge in [-0.1, -0.05) is 12.1 Å². The van der Waals surface area contributed by atoms with E-state index in [-0.39, 0.29) is 25.1 Å². The zero-order valence-electron chi connectivity index (χ0n) is 25.7. The number of aryl methyl sites for hydroxylation is 2. The van der Waals surface area contributed by atoms with E-state index in [0.717, 1.165) is 17.7 Å². The first-order valence-electron chi connectivity index (χ1n) is 14.4. The lowest BCUT2D eigenvalue weighted by molar-refractivity contribution is -0.167. The Bertz CT molecular complexity index is 1910. The van der Waals surface area contributed by atoms with Crippen LogP contribution >= 0.6 is 0 Å². The molecule has 2 atom stereocenters. The number of fused-ring (bicyclic) bond motifs is 1. The summed E-state index contributed by atoms with van der Waals surface area (Å²) < 4.78 is 82.4. The summed E-state index contributed by atoms with van der Waals surface area (Å²) in [6.07, 6.45) is -2.14. The second-order valence-electron chi connectivity index (χ2n) is 11.1. The van der Waals surface area contributed by atoms with E-state index in [1.165, 1.54) is 17.0 Å². The minimum Gasteiger partial charge on any atom is -0.467 e. The number of esters is 1. The number of ether oxygens (including phenoxy) is 2. The van der Waals surface area contributed by atoms with E-state index in [9.17, 15) is 27.6 Å². The van der Waals surface area contributed by atoms with E-state index < -0.39 is 59.6 Å². The molecule has 0 saturated carbocycles. The van der Waals surface area contributed by atoms with Crippen LogP contribution in [-0.2, 0) is 27.7 Å². The molecule has 0 radical (unpaired) electrons. The van der Waals surface area contributed by atoms with Crippen molar-refractivity contribution in [2.75, 3.05) is 31.8 Å². The van der Waals surface area contributed by atoms with E-state index in [1.54, 1.807) is 33.0 Å². The average Bonchev–Trinajstić information content (AvgIpc) is 3.03. The van der Waals surface area contributed by atoms with Gasteiger partial charge in [0.1, 0.15) is 29.3 Å². The number of nitrogens with one attached hydrogen (secondary N) is 1. The molecule has 0 aliphatic carbocycles. The molecular formula is C32H30F5N5O5. The maximum Gasteiger partial charge on any atom is 0.411 e. The summed E-state index contributed by atoms with van der Waals surface area (Å²) in [5.41, 5.74) is 1.65. The van der Waals surface area contributed by atoms with E-state index >= 15 is 8.78 Å². The van der Waals surface area contributed by atoms with Crippen LogP contribution in [0.2, 0.25) is 0 Å². The Hall–Kier alpha value is -4.92. The van der Waals surface area contributed by atoms with Gasteiger partial charge in [-0.25, -0.2) is 13.6 Å². The fourth-order valence-corrected chi connectivity index (χ4v) is 5.70. The van der Waals surface area contributed by atoms with Gasteiger partial charge in [0.2, 0.25) is 0 Å². The number of alkyl halides is 3. The second-order valence-corrected chi connectivity index (χ2v) is 11.1. The molecule has 0 spiro atoms. The predicted octanol–water partition coefficient (Wildman–Crippen LogP) is 4.17. The summed E-state index contributed by atoms with van der Waals surface area (Å²) >= 11 is 0. The molecule has 3 heterocycles. The van der Waals surface area contributed by atoms with Crippen LogP contribution in [0.1, 0.15) is 27.2 Å². The molecule has 1 aliphatic heterocycles. The van der Waals surface area contributed by atoms with Crippen LogP contribution in [0.3, 0.4) is 0 Å². The highest BCUT2D eigenvalue weighted by Crippen LogP contribution is 2.33. The molecule has 10 nitrogen and oxygen atoms in total. The molecule has 2 aromatic heterocycles. The lowest BCUT2D eigenvalue weighted by Gasteiger charge is -2.38. The maximum atomic E-state index is 15.2. The quantitative estimate of drug-likeness (QED) is 0.232. The highest BCUT2D eigenvalue weighted by atomic mass is 19.4. The summed E-state index contributed by atoms with van der Waals surface area (Å²) in [7, 11) is 2.71. The lowest BCUT2D eigenvalue weighted by Crippen LogP contribution is -2.53. The number of pyridine rings is 1. The number of benzene rings is 2. The first-order chi connectivity index (χ1) is 22.2. The van der Waals surface area contributed by atoms with Crippen molar-refractivity contribution in [2.45, 2.75) is 38.5 Å². The number of hydrogen-bond acceptors (Lipinski definition) is 8. The number of rotatable bonds is 7. The van der Waals surface area contributed by atoms with Crippen molar-refractivity contribution < 1.29 is 41.0 Å². The van der Waals surface area contributed by atoms with Gasteiger partial charge in [0.25, 0.3) is 11.5 Å². The topological polar surface area (TPSA) is 116 Å². The molecule has 248 valence electrons. The van der Waals surface area contributed by atoms with Gasteiger partial charge in [-0.05, 0) is 43.2 Å². The zero-order chi connectivity index (χ0) is 34.2. The molecule has 0 unspecified atom stereocenters. The third-order valence-corrected chi connectivity index (χ3v) is 8.15. The van der Waals surface area contributed by atoms with Crippen molar-refractivity contribution in [3.8, 4) is 11.1 Å². The van der Waals surface area contributed by atoms with E-state index in [4.69, 9.17) is 9.47 Å². The first-order valence-corrected chi connectivity index (χ1v) is 14.4. The molecule has 0 bridgehead atoms. The Morgan fingerprint density at radius 1 is 1.09 bits per heavy atom. The standard InChI is InChI=1S/C32H30F5N5O5/c1-16-11-17(2)41(3)30(44)25(16)20-6-5-18(27-28(20)39-8-7-38-27)12-23(31(45)46-4)40-29(43)26-21(33)13-19(14-22(26)34)42-9-10-47-15-24(42)32(35,36)37/h5-8,11,13-14,23-24H,9-10,12,15H2,1-4H3,(H,40,43)/t23-,24+/m0/s1. The van der Waals surface area contributed by atoms with E-state index in [0.29, 0.717) is 45.4 Å². The smallest absolute Gasteiger partial charge is 0.411 e. The van der Waals surface area contributed by atoms with Crippen LogP contribution in [0.25, 0.3) is 22.2 Å². The van der Waals surface area contributed by atoms with Gasteiger partial charge in [-0.15, -0.1) is 0 Å². The molecule has 4 aromatic rings. The van der Waals surface area contributed by atoms with Crippen molar-refractivity contribution in [1.29, 1.82) is 0 Å². The van der Waals surface area contributed by atoms with Crippen LogP contribution in [0.5, 0.6) is 0 Å². The molecule has 1 fully saturated rings. The van der Waals surface area contributed by atoms with E-state index in [2.05, 4.69) is 15.3 Å². The summed E-state index contributed by atoms with van der Waals surface area (Å²) in [6.45, 7) is 2.49. The number of aromatic nitrogens is 3. The largest absolute Gasteiger partial charge is 0.467 e. The Morgan fingerprint density at radius 2 is 1.74 bits per heavy atom. The fourth-order valence-electron chi connectivity index (χ4n) is 5.70. The third-order valence-electron chi connectivity index (χ3n) is 8.15. The van der Waals surface area contributed by atoms with Gasteiger partial charge in [0, 0.05) is 49.4 Å². The summed E-state index contributed by atoms with van der Waals surface area (Å²) in [4.78, 5) is 48.8. The number of anilines is 1. The monoisotopic (exact) mass is 659 g/mol. The minimum absolute atomic E-state index is 0.0970. The molecule has 1 saturated heterocycles. The van der Waals surface area contributed by atoms with Crippen molar-refractivity contribution in [2.24, 2.45) is 7.05 Å². The molecule has 1 amide bonds. The van der Waals surface area contributed by atoms with Gasteiger partial charge < -0.3 is 24.3 Å². The Kier molecular flexibility index (Phi) is 9.29. The molecular weight excluding hydrogens is 629 g/mol. The van der Waals surface area contributed by atoms with Crippen LogP contribution in [0.15, 0.2) is 47.5 Å². The van der Waals surface area contributed by atoms with E-state index in [1.807, 2.05) is 6.07 Å². The van der Waals surface area contributed by atoms with Crippen LogP contribution in [0.4, 0.5) is 27.6 Å². The average molecular weight is 660 g/mol. The number of methoxy groups -OCH3 is 1. The SMILES string of the molecule is COC(=O)[C@H](Cc1ccc(-c2c(C)cc(C)n(C)c2=O)c2nccnc12)NC(=O)c1c(F)cc(N2CCOC[C@@H]2C(F)(F)F)cc1F. The highest BCUT2D eigenvalue weighted by Gasteiger charge is 2.46. The van der Waals surface area contributed by atoms with Crippen molar-refractivity contribution in [3.63, 3.8) is 0 Å². The number of halogens is 5. The molecule has 5 rings (SSSR count). The molecule has 47 heavy (non-hydrogen) atoms. The highest BCUT2D eigenvalue weighted by molar-refractivity contribution is 5.98. The zero-order valence-corrected chi connectivity index (χ0v) is 25.7. The molecule has 1 N–H and O–H groups in total. The summed E-state index contributed by atoms with van der Waals surface area (Å²) in [5, 5.41) is 2.28. The summed E-state index contributed by atoms with van der Waals surface area (Å²) in [5.74, 6) is -5.13. The number of carbonyl (C=O) groups excluding carboxylic acids is 2. The molecule has 2 aromatic carbocycles. The fraction of sp³-hybridized carbons (Fsp3) is 0.344. The number of carbonyl (C=O) groups is 2. The van der Waals surface area contributed by atoms with Crippen molar-refractivity contribution in [3.05, 3.63) is 87.1 Å². The van der Waals surface area contributed by atoms with Gasteiger partial charge in [0.15, 0.2) is 0 Å². The number of amides is 1. The van der Waals surface area contributed by atoms with Crippen molar-refractivity contribution >= 4 is 28.6 Å². The molecule has 15 heteroatoms. The second kappa shape index (κ2) is 13.1. The maximum absolute atomic E-state index is 15.2. The van der Waals surface area contributed by atoms with Crippen LogP contribution in [-0.4, -0.2) is 71.5 Å². The predicted molar refractivity (Wildman–Crippen MR) is 161 cm³/mol. The summed E-state index contributed by atoms with van der Waals surface area (Å²) in [6, 6.07) is 2.76. The number of nitrogens with zero attached hydrogens (tertiary/aromatic N) is 4. The lowest BCUT2D eigenvalue weighted by atomic mass is 9.95. The Balaban J connectivity index is 1.47. The normalized spacial score (nSPS) is 15.9.